The molecular weight excluding hydrogens is 437 g/mol. The normalized spacial score (nSPS) is 23.8. The van der Waals surface area contributed by atoms with Crippen molar-refractivity contribution in [2.24, 2.45) is 5.92 Å². The SMILES string of the molecule is O=C(NC[C@@H]1CCCO1)[C@@H](C1CCCC1)N1CCN(C(=O)c2ccc(Cl)c(Cl)c2)CC1. The summed E-state index contributed by atoms with van der Waals surface area (Å²) in [6.07, 6.45) is 6.81. The lowest BCUT2D eigenvalue weighted by Crippen LogP contribution is -2.58. The first-order chi connectivity index (χ1) is 15.0. The Hall–Kier alpha value is -1.34. The second-order valence-corrected chi connectivity index (χ2v) is 9.64. The number of amides is 2. The molecule has 31 heavy (non-hydrogen) atoms. The maximum absolute atomic E-state index is 13.2. The van der Waals surface area contributed by atoms with Gasteiger partial charge in [-0.3, -0.25) is 14.5 Å². The van der Waals surface area contributed by atoms with Crippen LogP contribution in [0.2, 0.25) is 10.0 Å². The van der Waals surface area contributed by atoms with Gasteiger partial charge in [0.2, 0.25) is 5.91 Å². The topological polar surface area (TPSA) is 61.9 Å². The van der Waals surface area contributed by atoms with E-state index in [2.05, 4.69) is 10.2 Å². The molecule has 1 N–H and O–H groups in total. The summed E-state index contributed by atoms with van der Waals surface area (Å²) in [5.74, 6) is 0.465. The highest BCUT2D eigenvalue weighted by molar-refractivity contribution is 6.42. The van der Waals surface area contributed by atoms with Crippen LogP contribution in [0.15, 0.2) is 18.2 Å². The molecule has 8 heteroatoms. The zero-order valence-corrected chi connectivity index (χ0v) is 19.3. The molecule has 0 unspecified atom stereocenters. The van der Waals surface area contributed by atoms with E-state index in [0.29, 0.717) is 54.3 Å². The fraction of sp³-hybridized carbons (Fsp3) is 0.652. The number of nitrogens with zero attached hydrogens (tertiary/aromatic N) is 2. The van der Waals surface area contributed by atoms with Gasteiger partial charge < -0.3 is 15.0 Å². The van der Waals surface area contributed by atoms with Gasteiger partial charge in [-0.1, -0.05) is 36.0 Å². The van der Waals surface area contributed by atoms with Gasteiger partial charge in [0.25, 0.3) is 5.91 Å². The number of ether oxygens (including phenoxy) is 1. The van der Waals surface area contributed by atoms with Crippen LogP contribution in [-0.4, -0.2) is 73.1 Å². The van der Waals surface area contributed by atoms with Crippen molar-refractivity contribution in [3.8, 4) is 0 Å². The molecule has 2 heterocycles. The van der Waals surface area contributed by atoms with E-state index >= 15 is 0 Å². The third-order valence-corrected chi connectivity index (χ3v) is 7.54. The van der Waals surface area contributed by atoms with Crippen LogP contribution in [0.25, 0.3) is 0 Å². The van der Waals surface area contributed by atoms with E-state index in [1.165, 1.54) is 12.8 Å². The summed E-state index contributed by atoms with van der Waals surface area (Å²) in [5, 5.41) is 3.98. The Morgan fingerprint density at radius 1 is 1.03 bits per heavy atom. The fourth-order valence-electron chi connectivity index (χ4n) is 5.09. The second-order valence-electron chi connectivity index (χ2n) is 8.83. The fourth-order valence-corrected chi connectivity index (χ4v) is 5.39. The Morgan fingerprint density at radius 3 is 2.42 bits per heavy atom. The molecule has 0 aromatic heterocycles. The van der Waals surface area contributed by atoms with Crippen molar-refractivity contribution < 1.29 is 14.3 Å². The maximum atomic E-state index is 13.2. The lowest BCUT2D eigenvalue weighted by molar-refractivity contribution is -0.129. The summed E-state index contributed by atoms with van der Waals surface area (Å²) in [6, 6.07) is 4.87. The summed E-state index contributed by atoms with van der Waals surface area (Å²) in [4.78, 5) is 30.2. The predicted octanol–water partition coefficient (Wildman–Crippen LogP) is 3.61. The number of rotatable bonds is 6. The molecule has 0 bridgehead atoms. The summed E-state index contributed by atoms with van der Waals surface area (Å²) < 4.78 is 5.66. The molecule has 3 aliphatic rings. The van der Waals surface area contributed by atoms with Gasteiger partial charge in [0, 0.05) is 44.9 Å². The quantitative estimate of drug-likeness (QED) is 0.693. The number of benzene rings is 1. The van der Waals surface area contributed by atoms with E-state index in [9.17, 15) is 9.59 Å². The van der Waals surface area contributed by atoms with Gasteiger partial charge >= 0.3 is 0 Å². The van der Waals surface area contributed by atoms with Crippen molar-refractivity contribution in [3.05, 3.63) is 33.8 Å². The number of carbonyl (C=O) groups is 2. The minimum absolute atomic E-state index is 0.0431. The highest BCUT2D eigenvalue weighted by Crippen LogP contribution is 2.31. The van der Waals surface area contributed by atoms with Crippen molar-refractivity contribution in [2.75, 3.05) is 39.3 Å². The predicted molar refractivity (Wildman–Crippen MR) is 122 cm³/mol. The largest absolute Gasteiger partial charge is 0.376 e. The van der Waals surface area contributed by atoms with Gasteiger partial charge in [-0.05, 0) is 49.8 Å². The summed E-state index contributed by atoms with van der Waals surface area (Å²) in [7, 11) is 0. The van der Waals surface area contributed by atoms with Crippen LogP contribution in [0.4, 0.5) is 0 Å². The third kappa shape index (κ3) is 5.54. The smallest absolute Gasteiger partial charge is 0.253 e. The molecule has 0 spiro atoms. The molecular formula is C23H31Cl2N3O3. The van der Waals surface area contributed by atoms with Crippen molar-refractivity contribution in [2.45, 2.75) is 50.7 Å². The first kappa shape index (κ1) is 22.8. The number of piperazine rings is 1. The van der Waals surface area contributed by atoms with Crippen molar-refractivity contribution in [1.82, 2.24) is 15.1 Å². The maximum Gasteiger partial charge on any atom is 0.253 e. The molecule has 2 amide bonds. The first-order valence-corrected chi connectivity index (χ1v) is 12.2. The van der Waals surface area contributed by atoms with E-state index in [4.69, 9.17) is 27.9 Å². The van der Waals surface area contributed by atoms with Crippen LogP contribution in [0, 0.1) is 5.92 Å². The number of hydrogen-bond donors (Lipinski definition) is 1. The number of halogens is 2. The van der Waals surface area contributed by atoms with Gasteiger partial charge in [-0.2, -0.15) is 0 Å². The Labute approximate surface area is 194 Å². The lowest BCUT2D eigenvalue weighted by atomic mass is 9.94. The summed E-state index contributed by atoms with van der Waals surface area (Å²) in [5.41, 5.74) is 0.546. The van der Waals surface area contributed by atoms with E-state index in [-0.39, 0.29) is 24.0 Å². The standard InChI is InChI=1S/C23H31Cl2N3O3/c24-19-8-7-17(14-20(19)25)23(30)28-11-9-27(10-12-28)21(16-4-1-2-5-16)22(29)26-15-18-6-3-13-31-18/h7-8,14,16,18,21H,1-6,9-13,15H2,(H,26,29)/t18-,21+/m0/s1. The van der Waals surface area contributed by atoms with E-state index in [0.717, 1.165) is 32.3 Å². The second kappa shape index (κ2) is 10.5. The van der Waals surface area contributed by atoms with Gasteiger partial charge in [0.1, 0.15) is 0 Å². The van der Waals surface area contributed by atoms with Crippen LogP contribution < -0.4 is 5.32 Å². The van der Waals surface area contributed by atoms with Gasteiger partial charge in [0.15, 0.2) is 0 Å². The average Bonchev–Trinajstić information content (AvgIpc) is 3.49. The Bertz CT molecular complexity index is 786. The molecule has 3 fully saturated rings. The minimum atomic E-state index is -0.119. The average molecular weight is 468 g/mol. The van der Waals surface area contributed by atoms with E-state index < -0.39 is 0 Å². The molecule has 2 atom stereocenters. The number of nitrogens with one attached hydrogen (secondary N) is 1. The number of carbonyl (C=O) groups excluding carboxylic acids is 2. The van der Waals surface area contributed by atoms with E-state index in [1.807, 2.05) is 4.90 Å². The van der Waals surface area contributed by atoms with Crippen LogP contribution in [0.1, 0.15) is 48.9 Å². The van der Waals surface area contributed by atoms with Gasteiger partial charge in [0.05, 0.1) is 22.2 Å². The molecule has 4 rings (SSSR count). The Morgan fingerprint density at radius 2 is 1.77 bits per heavy atom. The molecule has 6 nitrogen and oxygen atoms in total. The highest BCUT2D eigenvalue weighted by atomic mass is 35.5. The van der Waals surface area contributed by atoms with Crippen LogP contribution in [-0.2, 0) is 9.53 Å². The van der Waals surface area contributed by atoms with Gasteiger partial charge in [-0.15, -0.1) is 0 Å². The zero-order chi connectivity index (χ0) is 21.8. The molecule has 1 aromatic carbocycles. The first-order valence-electron chi connectivity index (χ1n) is 11.4. The number of hydrogen-bond acceptors (Lipinski definition) is 4. The lowest BCUT2D eigenvalue weighted by Gasteiger charge is -2.41. The zero-order valence-electron chi connectivity index (χ0n) is 17.8. The van der Waals surface area contributed by atoms with Crippen molar-refractivity contribution in [1.29, 1.82) is 0 Å². The molecule has 1 aromatic rings. The summed E-state index contributed by atoms with van der Waals surface area (Å²) >= 11 is 12.1. The van der Waals surface area contributed by atoms with Crippen molar-refractivity contribution in [3.63, 3.8) is 0 Å². The molecule has 170 valence electrons. The Balaban J connectivity index is 1.36. The minimum Gasteiger partial charge on any atom is -0.376 e. The molecule has 2 aliphatic heterocycles. The molecule has 1 aliphatic carbocycles. The highest BCUT2D eigenvalue weighted by Gasteiger charge is 2.37. The Kier molecular flexibility index (Phi) is 7.75. The third-order valence-electron chi connectivity index (χ3n) is 6.80. The van der Waals surface area contributed by atoms with Gasteiger partial charge in [-0.25, -0.2) is 0 Å². The summed E-state index contributed by atoms with van der Waals surface area (Å²) in [6.45, 7) is 3.98. The molecule has 1 saturated carbocycles. The van der Waals surface area contributed by atoms with Crippen LogP contribution in [0.5, 0.6) is 0 Å². The monoisotopic (exact) mass is 467 g/mol. The van der Waals surface area contributed by atoms with Crippen LogP contribution >= 0.6 is 23.2 Å². The van der Waals surface area contributed by atoms with Crippen LogP contribution in [0.3, 0.4) is 0 Å². The molecule has 2 saturated heterocycles. The van der Waals surface area contributed by atoms with Crippen molar-refractivity contribution >= 4 is 35.0 Å². The van der Waals surface area contributed by atoms with E-state index in [1.54, 1.807) is 18.2 Å². The molecule has 0 radical (unpaired) electrons.